The molecule has 2 aromatic heterocycles. The highest BCUT2D eigenvalue weighted by atomic mass is 35.5. The molecule has 6 nitrogen and oxygen atoms in total. The lowest BCUT2D eigenvalue weighted by molar-refractivity contribution is 0.0946. The molecule has 0 fully saturated rings. The van der Waals surface area contributed by atoms with E-state index in [0.717, 1.165) is 27.0 Å². The minimum absolute atomic E-state index is 0.185. The molecule has 3 aromatic carbocycles. The number of thioether (sulfide) groups is 1. The lowest BCUT2D eigenvalue weighted by Crippen LogP contribution is -2.23. The average Bonchev–Trinajstić information content (AvgIpc) is 3.55. The van der Waals surface area contributed by atoms with Crippen LogP contribution in [0.5, 0.6) is 0 Å². The maximum atomic E-state index is 12.6. The van der Waals surface area contributed by atoms with Crippen LogP contribution in [0.2, 0.25) is 5.02 Å². The molecule has 180 valence electrons. The second-order valence-electron chi connectivity index (χ2n) is 8.04. The average molecular weight is 532 g/mol. The number of nitrogens with one attached hydrogen (secondary N) is 1. The van der Waals surface area contributed by atoms with Crippen LogP contribution in [0.15, 0.2) is 89.4 Å². The summed E-state index contributed by atoms with van der Waals surface area (Å²) >= 11 is 9.46. The van der Waals surface area contributed by atoms with Gasteiger partial charge in [-0.15, -0.1) is 21.5 Å². The summed E-state index contributed by atoms with van der Waals surface area (Å²) in [6, 6.07) is 25.6. The number of hydrogen-bond acceptors (Lipinski definition) is 6. The van der Waals surface area contributed by atoms with Crippen LogP contribution in [-0.4, -0.2) is 25.7 Å². The topological polar surface area (TPSA) is 72.7 Å². The zero-order valence-corrected chi connectivity index (χ0v) is 21.8. The molecule has 0 saturated heterocycles. The first-order chi connectivity index (χ1) is 17.6. The van der Waals surface area contributed by atoms with E-state index < -0.39 is 0 Å². The van der Waals surface area contributed by atoms with E-state index in [1.165, 1.54) is 28.7 Å². The molecule has 1 N–H and O–H groups in total. The van der Waals surface area contributed by atoms with Crippen LogP contribution in [0.1, 0.15) is 26.6 Å². The van der Waals surface area contributed by atoms with Gasteiger partial charge in [-0.05, 0) is 36.8 Å². The normalized spacial score (nSPS) is 10.9. The Morgan fingerprint density at radius 3 is 2.53 bits per heavy atom. The molecule has 0 atom stereocenters. The molecule has 1 amide bonds. The van der Waals surface area contributed by atoms with E-state index in [0.29, 0.717) is 28.8 Å². The van der Waals surface area contributed by atoms with Crippen molar-refractivity contribution in [3.63, 3.8) is 0 Å². The maximum absolute atomic E-state index is 12.6. The van der Waals surface area contributed by atoms with Crippen molar-refractivity contribution in [3.05, 3.63) is 111 Å². The summed E-state index contributed by atoms with van der Waals surface area (Å²) in [6.45, 7) is 2.52. The Balaban J connectivity index is 1.34. The third-order valence-electron chi connectivity index (χ3n) is 5.45. The van der Waals surface area contributed by atoms with Gasteiger partial charge >= 0.3 is 0 Å². The number of thiazole rings is 1. The Morgan fingerprint density at radius 1 is 1.00 bits per heavy atom. The third kappa shape index (κ3) is 5.51. The number of nitrogens with zero attached hydrogens (tertiary/aromatic N) is 4. The lowest BCUT2D eigenvalue weighted by atomic mass is 10.2. The van der Waals surface area contributed by atoms with Gasteiger partial charge in [0.2, 0.25) is 0 Å². The fraction of sp³-hybridized carbons (Fsp3) is 0.111. The highest BCUT2D eigenvalue weighted by molar-refractivity contribution is 7.98. The molecule has 0 aliphatic carbocycles. The first-order valence-electron chi connectivity index (χ1n) is 11.2. The number of halogens is 1. The molecule has 9 heteroatoms. The summed E-state index contributed by atoms with van der Waals surface area (Å²) < 4.78 is 2.01. The SMILES string of the molecule is Cc1ccc(-n2c(SCc3nc(C(=O)NCc4ccccc4)cs3)nnc2-c2ccccc2Cl)cc1. The fourth-order valence-corrected chi connectivity index (χ4v) is 5.55. The highest BCUT2D eigenvalue weighted by Crippen LogP contribution is 2.33. The summed E-state index contributed by atoms with van der Waals surface area (Å²) in [5.41, 5.74) is 4.39. The Bertz CT molecular complexity index is 1480. The van der Waals surface area contributed by atoms with Gasteiger partial charge in [0.05, 0.1) is 10.8 Å². The van der Waals surface area contributed by atoms with Crippen molar-refractivity contribution in [1.29, 1.82) is 0 Å². The standard InChI is InChI=1S/C27H22ClN5OS2/c1-18-11-13-20(14-12-18)33-25(21-9-5-6-10-22(21)28)31-32-27(33)36-17-24-30-23(16-35-24)26(34)29-15-19-7-3-2-4-8-19/h2-14,16H,15,17H2,1H3,(H,29,34). The van der Waals surface area contributed by atoms with Crippen molar-refractivity contribution in [1.82, 2.24) is 25.1 Å². The van der Waals surface area contributed by atoms with E-state index in [2.05, 4.69) is 39.6 Å². The van der Waals surface area contributed by atoms with E-state index in [4.69, 9.17) is 11.6 Å². The van der Waals surface area contributed by atoms with Crippen molar-refractivity contribution < 1.29 is 4.79 Å². The van der Waals surface area contributed by atoms with Gasteiger partial charge in [-0.2, -0.15) is 0 Å². The minimum atomic E-state index is -0.185. The quantitative estimate of drug-likeness (QED) is 0.229. The summed E-state index contributed by atoms with van der Waals surface area (Å²) in [6.07, 6.45) is 0. The number of hydrogen-bond donors (Lipinski definition) is 1. The van der Waals surface area contributed by atoms with Gasteiger partial charge in [-0.25, -0.2) is 4.98 Å². The van der Waals surface area contributed by atoms with E-state index >= 15 is 0 Å². The van der Waals surface area contributed by atoms with Gasteiger partial charge in [0.25, 0.3) is 5.91 Å². The van der Waals surface area contributed by atoms with Gasteiger partial charge in [0.1, 0.15) is 10.7 Å². The van der Waals surface area contributed by atoms with Crippen LogP contribution in [0.4, 0.5) is 0 Å². The van der Waals surface area contributed by atoms with E-state index in [9.17, 15) is 4.79 Å². The highest BCUT2D eigenvalue weighted by Gasteiger charge is 2.19. The summed E-state index contributed by atoms with van der Waals surface area (Å²) in [5.74, 6) is 1.05. The predicted octanol–water partition coefficient (Wildman–Crippen LogP) is 6.57. The summed E-state index contributed by atoms with van der Waals surface area (Å²) in [7, 11) is 0. The molecule has 0 bridgehead atoms. The van der Waals surface area contributed by atoms with Crippen LogP contribution >= 0.6 is 34.7 Å². The number of aromatic nitrogens is 4. The van der Waals surface area contributed by atoms with E-state index in [1.54, 1.807) is 5.38 Å². The minimum Gasteiger partial charge on any atom is -0.347 e. The predicted molar refractivity (Wildman–Crippen MR) is 146 cm³/mol. The van der Waals surface area contributed by atoms with Crippen LogP contribution in [0, 0.1) is 6.92 Å². The maximum Gasteiger partial charge on any atom is 0.271 e. The first kappa shape index (κ1) is 24.2. The molecule has 0 aliphatic rings. The Hall–Kier alpha value is -3.46. The fourth-order valence-electron chi connectivity index (χ4n) is 3.58. The number of aryl methyl sites for hydroxylation is 1. The van der Waals surface area contributed by atoms with Crippen LogP contribution in [0.3, 0.4) is 0 Å². The van der Waals surface area contributed by atoms with Crippen molar-refractivity contribution in [2.24, 2.45) is 0 Å². The third-order valence-corrected chi connectivity index (χ3v) is 7.75. The molecule has 0 aliphatic heterocycles. The smallest absolute Gasteiger partial charge is 0.271 e. The number of rotatable bonds is 8. The van der Waals surface area contributed by atoms with Crippen LogP contribution in [-0.2, 0) is 12.3 Å². The van der Waals surface area contributed by atoms with Crippen molar-refractivity contribution in [2.45, 2.75) is 24.4 Å². The number of carbonyl (C=O) groups excluding carboxylic acids is 1. The van der Waals surface area contributed by atoms with Crippen molar-refractivity contribution in [3.8, 4) is 17.1 Å². The lowest BCUT2D eigenvalue weighted by Gasteiger charge is -2.11. The number of amides is 1. The molecular formula is C27H22ClN5OS2. The Morgan fingerprint density at radius 2 is 1.75 bits per heavy atom. The second-order valence-corrected chi connectivity index (χ2v) is 10.3. The molecule has 36 heavy (non-hydrogen) atoms. The van der Waals surface area contributed by atoms with Gasteiger partial charge in [-0.1, -0.05) is 83.5 Å². The van der Waals surface area contributed by atoms with Crippen molar-refractivity contribution in [2.75, 3.05) is 0 Å². The molecule has 5 rings (SSSR count). The second kappa shape index (κ2) is 11.1. The molecule has 0 spiro atoms. The monoisotopic (exact) mass is 531 g/mol. The summed E-state index contributed by atoms with van der Waals surface area (Å²) in [5, 5.41) is 15.8. The Kier molecular flexibility index (Phi) is 7.46. The van der Waals surface area contributed by atoms with Gasteiger partial charge < -0.3 is 5.32 Å². The van der Waals surface area contributed by atoms with Crippen LogP contribution in [0.25, 0.3) is 17.1 Å². The van der Waals surface area contributed by atoms with E-state index in [-0.39, 0.29) is 5.91 Å². The summed E-state index contributed by atoms with van der Waals surface area (Å²) in [4.78, 5) is 17.1. The van der Waals surface area contributed by atoms with Gasteiger partial charge in [0, 0.05) is 23.2 Å². The molecule has 0 radical (unpaired) electrons. The molecule has 2 heterocycles. The van der Waals surface area contributed by atoms with Crippen LogP contribution < -0.4 is 5.32 Å². The van der Waals surface area contributed by atoms with Gasteiger partial charge in [0.15, 0.2) is 11.0 Å². The largest absolute Gasteiger partial charge is 0.347 e. The molecular weight excluding hydrogens is 510 g/mol. The molecule has 0 unspecified atom stereocenters. The zero-order chi connectivity index (χ0) is 24.9. The van der Waals surface area contributed by atoms with E-state index in [1.807, 2.05) is 71.3 Å². The zero-order valence-electron chi connectivity index (χ0n) is 19.4. The number of benzene rings is 3. The van der Waals surface area contributed by atoms with Gasteiger partial charge in [-0.3, -0.25) is 9.36 Å². The molecule has 5 aromatic rings. The molecule has 0 saturated carbocycles. The first-order valence-corrected chi connectivity index (χ1v) is 13.5. The Labute approximate surface area is 222 Å². The number of carbonyl (C=O) groups is 1. The van der Waals surface area contributed by atoms with Crippen molar-refractivity contribution >= 4 is 40.6 Å².